The van der Waals surface area contributed by atoms with Gasteiger partial charge in [-0.05, 0) is 183 Å². The fraction of sp³-hybridized carbons (Fsp3) is 0.240. The van der Waals surface area contributed by atoms with Crippen LogP contribution in [0.15, 0.2) is 146 Å². The fourth-order valence-corrected chi connectivity index (χ4v) is 18.8. The molecule has 0 radical (unpaired) electrons. The van der Waals surface area contributed by atoms with Crippen molar-refractivity contribution in [1.29, 1.82) is 0 Å². The number of hydrogen-bond acceptors (Lipinski definition) is 13. The first-order chi connectivity index (χ1) is 44.7. The zero-order chi connectivity index (χ0) is 61.5. The van der Waals surface area contributed by atoms with Gasteiger partial charge in [0.1, 0.15) is 22.6 Å². The molecule has 0 unspecified atom stereocenters. The highest BCUT2D eigenvalue weighted by Crippen LogP contribution is 2.46. The summed E-state index contributed by atoms with van der Waals surface area (Å²) in [5, 5.41) is 13.4. The lowest BCUT2D eigenvalue weighted by Gasteiger charge is -2.03. The maximum absolute atomic E-state index is 12.7. The Morgan fingerprint density at radius 1 is 0.330 bits per heavy atom. The number of benzene rings is 4. The smallest absolute Gasteiger partial charge is 0.335 e. The van der Waals surface area contributed by atoms with Crippen LogP contribution in [0.4, 0.5) is 0 Å². The lowest BCUT2D eigenvalue weighted by Crippen LogP contribution is -1.94. The van der Waals surface area contributed by atoms with Crippen LogP contribution < -0.4 is 0 Å². The summed E-state index contributed by atoms with van der Waals surface area (Å²) in [7, 11) is 0. The third kappa shape index (κ3) is 12.1. The Morgan fingerprint density at radius 2 is 0.670 bits per heavy atom. The highest BCUT2D eigenvalue weighted by molar-refractivity contribution is 7.25. The third-order valence-electron chi connectivity index (χ3n) is 17.3. The number of carboxylic acids is 1. The van der Waals surface area contributed by atoms with Crippen molar-refractivity contribution >= 4 is 118 Å². The number of carbonyl (C=O) groups is 1. The zero-order valence-electron chi connectivity index (χ0n) is 51.0. The van der Waals surface area contributed by atoms with Gasteiger partial charge in [-0.25, -0.2) is 34.7 Å². The van der Waals surface area contributed by atoms with E-state index < -0.39 is 5.97 Å². The Bertz CT molecular complexity index is 4970. The quantitative estimate of drug-likeness (QED) is 0.0569. The summed E-state index contributed by atoms with van der Waals surface area (Å²) in [6.45, 7) is 6.79. The Labute approximate surface area is 552 Å². The molecule has 2 aliphatic rings. The number of H-pyrrole nitrogens is 2. The molecule has 4 aromatic carbocycles. The molecule has 10 nitrogen and oxygen atoms in total. The van der Waals surface area contributed by atoms with E-state index >= 15 is 0 Å². The molecule has 13 aromatic rings. The Morgan fingerprint density at radius 3 is 1.09 bits per heavy atom. The van der Waals surface area contributed by atoms with Gasteiger partial charge in [-0.1, -0.05) is 96.8 Å². The van der Waals surface area contributed by atoms with Crippen LogP contribution in [0, 0.1) is 0 Å². The van der Waals surface area contributed by atoms with E-state index in [-0.39, 0.29) is 5.56 Å². The number of aromatic amines is 2. The molecule has 0 aliphatic carbocycles. The predicted molar refractivity (Wildman–Crippen MR) is 386 cm³/mol. The molecule has 3 N–H and O–H groups in total. The SMILES string of the molecule is CCCCCCc1ccc(-c2ccc(-c3ccc4c(c3)-c3nc-4nc4[nH]c(nc5nc(nc6[nH]c(n3)c3ccc(C(=O)O)cc63)-c3ccc(-c6ccc(-c7ccc(CCCCCC)s7)s6)cc3-5)c3ccc(-c5ccc(-c6ccc(CCCCCC)s6)s5)cc43)s2)s1. The van der Waals surface area contributed by atoms with Gasteiger partial charge in [-0.15, -0.1) is 68.0 Å². The van der Waals surface area contributed by atoms with E-state index in [0.717, 1.165) is 83.6 Å². The van der Waals surface area contributed by atoms with E-state index in [1.54, 1.807) is 40.9 Å². The molecule has 91 heavy (non-hydrogen) atoms. The summed E-state index contributed by atoms with van der Waals surface area (Å²) in [4.78, 5) is 67.5. The normalized spacial score (nSPS) is 12.0. The van der Waals surface area contributed by atoms with Gasteiger partial charge in [-0.2, -0.15) is 0 Å². The number of rotatable bonds is 22. The maximum Gasteiger partial charge on any atom is 0.335 e. The first kappa shape index (κ1) is 59.2. The number of nitrogens with one attached hydrogen (secondary N) is 2. The molecule has 8 bridgehead atoms. The van der Waals surface area contributed by atoms with E-state index in [2.05, 4.69) is 158 Å². The van der Waals surface area contributed by atoms with E-state index in [9.17, 15) is 9.90 Å². The summed E-state index contributed by atoms with van der Waals surface area (Å²) in [5.41, 5.74) is 8.73. The monoisotopic (exact) mass is 1300 g/mol. The second-order valence-corrected chi connectivity index (χ2v) is 30.4. The number of aryl methyl sites for hydroxylation is 3. The van der Waals surface area contributed by atoms with Gasteiger partial charge in [0.05, 0.1) is 5.56 Å². The van der Waals surface area contributed by atoms with Crippen molar-refractivity contribution in [3.05, 3.63) is 166 Å². The number of carboxylic acid groups (broad SMARTS) is 1. The first-order valence-corrected chi connectivity index (χ1v) is 36.8. The van der Waals surface area contributed by atoms with Crippen LogP contribution >= 0.6 is 68.0 Å². The molecule has 0 amide bonds. The van der Waals surface area contributed by atoms with Gasteiger partial charge in [-0.3, -0.25) is 0 Å². The van der Waals surface area contributed by atoms with Gasteiger partial charge in [0.25, 0.3) is 0 Å². The zero-order valence-corrected chi connectivity index (χ0v) is 55.9. The summed E-state index contributed by atoms with van der Waals surface area (Å²) in [6.07, 6.45) is 18.4. The maximum atomic E-state index is 12.7. The molecule has 0 saturated heterocycles. The van der Waals surface area contributed by atoms with Crippen molar-refractivity contribution in [2.45, 2.75) is 117 Å². The fourth-order valence-electron chi connectivity index (χ4n) is 12.4. The second kappa shape index (κ2) is 25.9. The van der Waals surface area contributed by atoms with Gasteiger partial charge in [0, 0.05) is 102 Å². The molecule has 15 rings (SSSR count). The topological polar surface area (TPSA) is 146 Å². The lowest BCUT2D eigenvalue weighted by atomic mass is 10.0. The molecule has 0 saturated carbocycles. The average molecular weight is 1300 g/mol. The number of unbranched alkanes of at least 4 members (excludes halogenated alkanes) is 9. The summed E-state index contributed by atoms with van der Waals surface area (Å²) in [5.74, 6) is 0.866. The molecule has 9 aromatic heterocycles. The van der Waals surface area contributed by atoms with Crippen LogP contribution in [-0.4, -0.2) is 50.9 Å². The molecular weight excluding hydrogens is 1240 g/mol. The van der Waals surface area contributed by atoms with Crippen LogP contribution in [0.25, 0.3) is 150 Å². The van der Waals surface area contributed by atoms with Crippen molar-refractivity contribution < 1.29 is 9.90 Å². The summed E-state index contributed by atoms with van der Waals surface area (Å²) in [6, 6.07) is 51.7. The van der Waals surface area contributed by atoms with Crippen LogP contribution in [0.1, 0.15) is 123 Å². The van der Waals surface area contributed by atoms with E-state index in [1.807, 2.05) is 45.3 Å². The van der Waals surface area contributed by atoms with Crippen LogP contribution in [-0.2, 0) is 19.3 Å². The molecule has 16 heteroatoms. The number of aromatic nitrogens is 8. The molecule has 2 aliphatic heterocycles. The van der Waals surface area contributed by atoms with Crippen molar-refractivity contribution in [3.63, 3.8) is 0 Å². The second-order valence-electron chi connectivity index (χ2n) is 23.7. The third-order valence-corrected chi connectivity index (χ3v) is 24.7. The minimum absolute atomic E-state index is 0.132. The average Bonchev–Trinajstić information content (AvgIpc) is 1.67. The van der Waals surface area contributed by atoms with Crippen molar-refractivity contribution in [2.75, 3.05) is 0 Å². The minimum Gasteiger partial charge on any atom is -0.478 e. The minimum atomic E-state index is -1.04. The van der Waals surface area contributed by atoms with Gasteiger partial charge in [0.15, 0.2) is 23.3 Å². The molecule has 0 atom stereocenters. The standard InChI is InChI=1S/C75H66N8O2S6/c1-4-7-10-13-16-47-23-30-61(86-47)64-36-33-58(89-64)43-19-26-50-54(39-43)71-76-67(50)78-72-56-41-45(60-35-38-66(91-60)63-32-25-49(88-63)18-15-12-9-6-3)21-28-52(56)69(80-72)82-74-57-42-46(75(84)85)22-29-53(57)70(83-74)81-73-55-40-44(20-27-51(55)68(77-71)79-73)59-34-37-65(90-59)62-31-24-48(87-62)17-14-11-8-5-2/h19-42H,4-18H2,1-3H3,(H,84,85)(H2,76,77,78,79,80,81,82,83). The van der Waals surface area contributed by atoms with Gasteiger partial charge >= 0.3 is 5.97 Å². The Hall–Kier alpha value is -8.09. The van der Waals surface area contributed by atoms with Crippen LogP contribution in [0.2, 0.25) is 0 Å². The Balaban J connectivity index is 0.885. The number of aromatic carboxylic acids is 1. The predicted octanol–water partition coefficient (Wildman–Crippen LogP) is 23.3. The molecule has 454 valence electrons. The molecule has 0 spiro atoms. The van der Waals surface area contributed by atoms with Crippen molar-refractivity contribution in [1.82, 2.24) is 39.9 Å². The summed E-state index contributed by atoms with van der Waals surface area (Å²) < 4.78 is 0. The highest BCUT2D eigenvalue weighted by Gasteiger charge is 2.25. The van der Waals surface area contributed by atoms with E-state index in [1.165, 1.54) is 121 Å². The molecule has 0 fully saturated rings. The first-order valence-electron chi connectivity index (χ1n) is 31.9. The van der Waals surface area contributed by atoms with Crippen molar-refractivity contribution in [3.8, 4) is 106 Å². The number of hydrogen-bond donors (Lipinski definition) is 3. The van der Waals surface area contributed by atoms with Crippen LogP contribution in [0.5, 0.6) is 0 Å². The molecular formula is C75H66N8O2S6. The van der Waals surface area contributed by atoms with Crippen LogP contribution in [0.3, 0.4) is 0 Å². The highest BCUT2D eigenvalue weighted by atomic mass is 32.1. The largest absolute Gasteiger partial charge is 0.478 e. The Kier molecular flexibility index (Phi) is 16.9. The number of nitrogens with zero attached hydrogens (tertiary/aromatic N) is 6. The number of thiophene rings is 6. The summed E-state index contributed by atoms with van der Waals surface area (Å²) >= 11 is 11.1. The van der Waals surface area contributed by atoms with Crippen molar-refractivity contribution in [2.24, 2.45) is 0 Å². The van der Waals surface area contributed by atoms with Gasteiger partial charge in [0.2, 0.25) is 0 Å². The van der Waals surface area contributed by atoms with E-state index in [4.69, 9.17) is 29.9 Å². The molecule has 11 heterocycles. The van der Waals surface area contributed by atoms with Gasteiger partial charge < -0.3 is 15.1 Å². The van der Waals surface area contributed by atoms with E-state index in [0.29, 0.717) is 56.7 Å². The number of fused-ring (bicyclic) bond motifs is 20. The lowest BCUT2D eigenvalue weighted by molar-refractivity contribution is 0.0697.